The quantitative estimate of drug-likeness (QED) is 0.284. The molecule has 0 aromatic rings. The Bertz CT molecular complexity index is 239. The molecule has 0 aromatic heterocycles. The fourth-order valence-electron chi connectivity index (χ4n) is 1.03. The number of nitro groups is 1. The summed E-state index contributed by atoms with van der Waals surface area (Å²) in [5, 5.41) is 18.9. The van der Waals surface area contributed by atoms with E-state index in [0.29, 0.717) is 18.3 Å². The van der Waals surface area contributed by atoms with Crippen LogP contribution in [0.15, 0.2) is 11.6 Å². The summed E-state index contributed by atoms with van der Waals surface area (Å²) in [6.07, 6.45) is 2.30. The highest BCUT2D eigenvalue weighted by Crippen LogP contribution is 2.10. The molecular formula is C8H14N2O4. The second-order valence-electron chi connectivity index (χ2n) is 2.85. The van der Waals surface area contributed by atoms with Crippen LogP contribution in [0, 0.1) is 10.1 Å². The van der Waals surface area contributed by atoms with Gasteiger partial charge >= 0.3 is 0 Å². The van der Waals surface area contributed by atoms with Crippen molar-refractivity contribution in [2.75, 3.05) is 0 Å². The van der Waals surface area contributed by atoms with Crippen LogP contribution in [0.3, 0.4) is 0 Å². The van der Waals surface area contributed by atoms with Gasteiger partial charge in [-0.25, -0.2) is 0 Å². The molecule has 0 radical (unpaired) electrons. The minimum absolute atomic E-state index is 0.436. The molecule has 6 nitrogen and oxygen atoms in total. The van der Waals surface area contributed by atoms with Gasteiger partial charge in [-0.2, -0.15) is 5.48 Å². The number of nitrogens with one attached hydrogen (secondary N) is 1. The maximum absolute atomic E-state index is 10.5. The van der Waals surface area contributed by atoms with Gasteiger partial charge in [0.15, 0.2) is 0 Å². The van der Waals surface area contributed by atoms with Crippen LogP contribution in [-0.4, -0.2) is 28.5 Å². The number of hydrogen-bond donors (Lipinski definition) is 2. The van der Waals surface area contributed by atoms with Crippen LogP contribution in [0.1, 0.15) is 20.3 Å². The van der Waals surface area contributed by atoms with E-state index in [9.17, 15) is 14.9 Å². The average molecular weight is 202 g/mol. The largest absolute Gasteiger partial charge is 0.316 e. The van der Waals surface area contributed by atoms with Gasteiger partial charge in [0, 0.05) is 17.4 Å². The van der Waals surface area contributed by atoms with Crippen LogP contribution in [0.4, 0.5) is 0 Å². The first-order chi connectivity index (χ1) is 6.56. The van der Waals surface area contributed by atoms with E-state index in [1.807, 2.05) is 0 Å². The summed E-state index contributed by atoms with van der Waals surface area (Å²) in [6.45, 7) is 3.19. The van der Waals surface area contributed by atoms with Gasteiger partial charge < -0.3 is 10.0 Å². The number of aldehydes is 1. The Hall–Kier alpha value is -1.27. The number of carbonyl (C=O) groups excluding carboxylic acids is 1. The Kier molecular flexibility index (Phi) is 5.66. The number of hydrogen-bond acceptors (Lipinski definition) is 5. The molecule has 0 rings (SSSR count). The van der Waals surface area contributed by atoms with E-state index >= 15 is 0 Å². The molecule has 14 heavy (non-hydrogen) atoms. The van der Waals surface area contributed by atoms with Gasteiger partial charge in [-0.05, 0) is 6.42 Å². The zero-order chi connectivity index (χ0) is 11.1. The molecule has 80 valence electrons. The molecule has 0 heterocycles. The van der Waals surface area contributed by atoms with Crippen molar-refractivity contribution >= 4 is 6.29 Å². The molecule has 2 N–H and O–H groups in total. The summed E-state index contributed by atoms with van der Waals surface area (Å²) in [4.78, 5) is 20.4. The Morgan fingerprint density at radius 1 is 1.71 bits per heavy atom. The summed E-state index contributed by atoms with van der Waals surface area (Å²) in [6, 6.07) is -1.72. The molecule has 2 unspecified atom stereocenters. The normalized spacial score (nSPS) is 16.1. The second kappa shape index (κ2) is 6.22. The molecule has 0 bridgehead atoms. The molecular weight excluding hydrogens is 188 g/mol. The average Bonchev–Trinajstić information content (AvgIpc) is 2.19. The van der Waals surface area contributed by atoms with Crippen LogP contribution < -0.4 is 5.48 Å². The summed E-state index contributed by atoms with van der Waals surface area (Å²) >= 11 is 0. The smallest absolute Gasteiger partial charge is 0.231 e. The molecule has 0 saturated carbocycles. The predicted octanol–water partition coefficient (Wildman–Crippen LogP) is 0.534. The number of nitrogens with zero attached hydrogens (tertiary/aromatic N) is 1. The van der Waals surface area contributed by atoms with Gasteiger partial charge in [0.1, 0.15) is 12.3 Å². The van der Waals surface area contributed by atoms with E-state index in [0.717, 1.165) is 0 Å². The lowest BCUT2D eigenvalue weighted by atomic mass is 10.0. The topological polar surface area (TPSA) is 92.5 Å². The Balaban J connectivity index is 4.68. The fourth-order valence-corrected chi connectivity index (χ4v) is 1.03. The SMILES string of the molecule is CCC(=CC(C=O)NO)C(C)[N+](=O)[O-]. The van der Waals surface area contributed by atoms with E-state index in [-0.39, 0.29) is 0 Å². The predicted molar refractivity (Wildman–Crippen MR) is 49.6 cm³/mol. The van der Waals surface area contributed by atoms with Crippen molar-refractivity contribution in [3.05, 3.63) is 21.8 Å². The van der Waals surface area contributed by atoms with Gasteiger partial charge in [-0.3, -0.25) is 10.1 Å². The van der Waals surface area contributed by atoms with Gasteiger partial charge in [0.25, 0.3) is 0 Å². The number of hydroxylamine groups is 1. The van der Waals surface area contributed by atoms with Crippen LogP contribution in [-0.2, 0) is 4.79 Å². The van der Waals surface area contributed by atoms with E-state index in [2.05, 4.69) is 0 Å². The van der Waals surface area contributed by atoms with Crippen molar-refractivity contribution in [3.8, 4) is 0 Å². The van der Waals surface area contributed by atoms with Crippen LogP contribution in [0.5, 0.6) is 0 Å². The zero-order valence-electron chi connectivity index (χ0n) is 8.14. The molecule has 0 fully saturated rings. The lowest BCUT2D eigenvalue weighted by Gasteiger charge is -2.09. The third-order valence-corrected chi connectivity index (χ3v) is 1.95. The van der Waals surface area contributed by atoms with Crippen LogP contribution in [0.2, 0.25) is 0 Å². The summed E-state index contributed by atoms with van der Waals surface area (Å²) in [7, 11) is 0. The lowest BCUT2D eigenvalue weighted by Crippen LogP contribution is -2.27. The molecule has 0 aromatic carbocycles. The zero-order valence-corrected chi connectivity index (χ0v) is 8.14. The van der Waals surface area contributed by atoms with Crippen molar-refractivity contribution in [2.45, 2.75) is 32.4 Å². The van der Waals surface area contributed by atoms with Gasteiger partial charge in [0.2, 0.25) is 6.04 Å². The lowest BCUT2D eigenvalue weighted by molar-refractivity contribution is -0.508. The highest BCUT2D eigenvalue weighted by Gasteiger charge is 2.18. The van der Waals surface area contributed by atoms with E-state index in [1.165, 1.54) is 13.0 Å². The number of carbonyl (C=O) groups is 1. The van der Waals surface area contributed by atoms with Crippen molar-refractivity contribution in [1.82, 2.24) is 5.48 Å². The van der Waals surface area contributed by atoms with E-state index in [4.69, 9.17) is 5.21 Å². The molecule has 2 atom stereocenters. The maximum Gasteiger partial charge on any atom is 0.231 e. The van der Waals surface area contributed by atoms with Crippen molar-refractivity contribution < 1.29 is 14.9 Å². The second-order valence-corrected chi connectivity index (χ2v) is 2.85. The Morgan fingerprint density at radius 3 is 2.57 bits per heavy atom. The maximum atomic E-state index is 10.5. The van der Waals surface area contributed by atoms with Crippen molar-refractivity contribution in [1.29, 1.82) is 0 Å². The Labute approximate surface area is 81.7 Å². The first-order valence-corrected chi connectivity index (χ1v) is 4.25. The standard InChI is InChI=1S/C8H14N2O4/c1-3-7(6(2)10(13)14)4-8(5-11)9-12/h4-6,8-9,12H,3H2,1-2H3. The minimum atomic E-state index is -0.882. The molecule has 0 aliphatic rings. The molecule has 0 aliphatic carbocycles. The van der Waals surface area contributed by atoms with E-state index < -0.39 is 17.0 Å². The molecule has 6 heteroatoms. The van der Waals surface area contributed by atoms with Gasteiger partial charge in [-0.15, -0.1) is 0 Å². The summed E-state index contributed by atoms with van der Waals surface area (Å²) < 4.78 is 0. The van der Waals surface area contributed by atoms with Crippen LogP contribution >= 0.6 is 0 Å². The molecule has 0 amide bonds. The minimum Gasteiger partial charge on any atom is -0.316 e. The first kappa shape index (κ1) is 12.7. The third-order valence-electron chi connectivity index (χ3n) is 1.95. The first-order valence-electron chi connectivity index (χ1n) is 4.25. The highest BCUT2D eigenvalue weighted by atomic mass is 16.6. The summed E-state index contributed by atoms with van der Waals surface area (Å²) in [5.74, 6) is 0. The van der Waals surface area contributed by atoms with E-state index in [1.54, 1.807) is 12.4 Å². The fraction of sp³-hybridized carbons (Fsp3) is 0.625. The van der Waals surface area contributed by atoms with Gasteiger partial charge in [-0.1, -0.05) is 13.0 Å². The third kappa shape index (κ3) is 3.63. The Morgan fingerprint density at radius 2 is 2.29 bits per heavy atom. The number of rotatable bonds is 6. The monoisotopic (exact) mass is 202 g/mol. The van der Waals surface area contributed by atoms with Crippen molar-refractivity contribution in [2.24, 2.45) is 0 Å². The summed E-state index contributed by atoms with van der Waals surface area (Å²) in [5.41, 5.74) is 2.25. The highest BCUT2D eigenvalue weighted by molar-refractivity contribution is 5.60. The molecule has 0 aliphatic heterocycles. The molecule has 0 saturated heterocycles. The van der Waals surface area contributed by atoms with Crippen LogP contribution in [0.25, 0.3) is 0 Å². The van der Waals surface area contributed by atoms with Crippen molar-refractivity contribution in [3.63, 3.8) is 0 Å². The molecule has 0 spiro atoms. The van der Waals surface area contributed by atoms with Gasteiger partial charge in [0.05, 0.1) is 0 Å².